The molecule has 2 amide bonds. The molecular weight excluding hydrogens is 292 g/mol. The maximum Gasteiger partial charge on any atom is 0.410 e. The van der Waals surface area contributed by atoms with Crippen LogP contribution in [-0.4, -0.2) is 35.6 Å². The second-order valence-corrected chi connectivity index (χ2v) is 6.71. The molecule has 1 aromatic carbocycles. The average molecular weight is 317 g/mol. The Morgan fingerprint density at radius 2 is 2.13 bits per heavy atom. The van der Waals surface area contributed by atoms with Crippen molar-refractivity contribution in [2.75, 3.05) is 13.1 Å². The van der Waals surface area contributed by atoms with Crippen molar-refractivity contribution in [2.24, 2.45) is 0 Å². The van der Waals surface area contributed by atoms with Crippen molar-refractivity contribution in [1.82, 2.24) is 10.2 Å². The van der Waals surface area contributed by atoms with Crippen LogP contribution in [0.1, 0.15) is 55.6 Å². The summed E-state index contributed by atoms with van der Waals surface area (Å²) in [5.74, 6) is -0.149. The van der Waals surface area contributed by atoms with Gasteiger partial charge < -0.3 is 15.0 Å². The van der Waals surface area contributed by atoms with Crippen LogP contribution in [0.2, 0.25) is 0 Å². The number of likely N-dealkylation sites (tertiary alicyclic amines) is 1. The van der Waals surface area contributed by atoms with Crippen molar-refractivity contribution in [3.05, 3.63) is 42.3 Å². The third-order valence-corrected chi connectivity index (χ3v) is 3.70. The highest BCUT2D eigenvalue weighted by Crippen LogP contribution is 2.33. The Morgan fingerprint density at radius 1 is 1.39 bits per heavy atom. The van der Waals surface area contributed by atoms with Gasteiger partial charge in [-0.1, -0.05) is 12.1 Å². The van der Waals surface area contributed by atoms with Gasteiger partial charge in [0.15, 0.2) is 6.54 Å². The molecule has 1 unspecified atom stereocenters. The molecule has 1 aromatic rings. The lowest BCUT2D eigenvalue weighted by atomic mass is 10.0. The Kier molecular flexibility index (Phi) is 5.19. The van der Waals surface area contributed by atoms with E-state index in [0.717, 1.165) is 18.4 Å². The maximum absolute atomic E-state index is 12.4. The lowest BCUT2D eigenvalue weighted by Crippen LogP contribution is -2.36. The second kappa shape index (κ2) is 6.94. The van der Waals surface area contributed by atoms with E-state index >= 15 is 0 Å². The van der Waals surface area contributed by atoms with Gasteiger partial charge in [0.1, 0.15) is 5.60 Å². The highest BCUT2D eigenvalue weighted by atomic mass is 16.6. The molecule has 1 heterocycles. The van der Waals surface area contributed by atoms with Gasteiger partial charge in [-0.05, 0) is 51.3 Å². The van der Waals surface area contributed by atoms with Gasteiger partial charge in [0.25, 0.3) is 5.91 Å². The Morgan fingerprint density at radius 3 is 2.78 bits per heavy atom. The predicted octanol–water partition coefficient (Wildman–Crippen LogP) is 3.32. The molecule has 5 heteroatoms. The zero-order valence-electron chi connectivity index (χ0n) is 14.1. The van der Waals surface area contributed by atoms with E-state index in [1.807, 2.05) is 39.0 Å². The quantitative estimate of drug-likeness (QED) is 0.870. The summed E-state index contributed by atoms with van der Waals surface area (Å²) in [6.45, 7) is 10.2. The smallest absolute Gasteiger partial charge is 0.410 e. The first-order valence-electron chi connectivity index (χ1n) is 7.99. The van der Waals surface area contributed by atoms with E-state index in [4.69, 9.17) is 4.74 Å². The first kappa shape index (κ1) is 17.2. The normalized spacial score (nSPS) is 17.9. The van der Waals surface area contributed by atoms with Crippen LogP contribution in [0, 0.1) is 6.92 Å². The average Bonchev–Trinajstić information content (AvgIpc) is 2.95. The van der Waals surface area contributed by atoms with Crippen LogP contribution in [0.4, 0.5) is 4.79 Å². The van der Waals surface area contributed by atoms with E-state index in [-0.39, 0.29) is 18.0 Å². The van der Waals surface area contributed by atoms with E-state index in [0.29, 0.717) is 18.7 Å². The zero-order valence-corrected chi connectivity index (χ0v) is 14.1. The molecule has 0 bridgehead atoms. The molecule has 124 valence electrons. The van der Waals surface area contributed by atoms with Crippen LogP contribution < -0.4 is 5.32 Å². The molecule has 0 radical (unpaired) electrons. The molecule has 2 rings (SSSR count). The summed E-state index contributed by atoms with van der Waals surface area (Å²) >= 11 is 0. The van der Waals surface area contributed by atoms with E-state index < -0.39 is 5.60 Å². The zero-order chi connectivity index (χ0) is 17.0. The Labute approximate surface area is 138 Å². The van der Waals surface area contributed by atoms with Crippen molar-refractivity contribution in [3.8, 4) is 0 Å². The van der Waals surface area contributed by atoms with Crippen molar-refractivity contribution in [1.29, 1.82) is 0 Å². The molecule has 0 aliphatic carbocycles. The van der Waals surface area contributed by atoms with Crippen LogP contribution in [0.5, 0.6) is 0 Å². The van der Waals surface area contributed by atoms with Gasteiger partial charge in [0.2, 0.25) is 0 Å². The SMILES string of the molecule is [CH2+]CNC(=O)c1cccc(C2CCCN2C(=O)OC(C)(C)C)c1. The standard InChI is InChI=1S/C18H24N2O3/c1-5-19-16(21)14-9-6-8-13(12-14)15-10-7-11-20(15)17(22)23-18(2,3)4/h6,8-9,12,15H,1,5,7,10-11H2,2-4H3/p+1. The van der Waals surface area contributed by atoms with Crippen LogP contribution in [-0.2, 0) is 4.74 Å². The van der Waals surface area contributed by atoms with E-state index in [2.05, 4.69) is 12.2 Å². The summed E-state index contributed by atoms with van der Waals surface area (Å²) < 4.78 is 5.49. The van der Waals surface area contributed by atoms with Crippen molar-refractivity contribution in [2.45, 2.75) is 45.3 Å². The molecule has 0 aromatic heterocycles. The molecule has 1 aliphatic rings. The van der Waals surface area contributed by atoms with Gasteiger partial charge in [-0.15, -0.1) is 0 Å². The molecular formula is C18H25N2O3+. The molecule has 1 fully saturated rings. The van der Waals surface area contributed by atoms with Crippen LogP contribution in [0.25, 0.3) is 0 Å². The van der Waals surface area contributed by atoms with E-state index in [1.165, 1.54) is 0 Å². The van der Waals surface area contributed by atoms with Gasteiger partial charge in [-0.3, -0.25) is 4.79 Å². The maximum atomic E-state index is 12.4. The lowest BCUT2D eigenvalue weighted by Gasteiger charge is -2.29. The van der Waals surface area contributed by atoms with E-state index in [1.54, 1.807) is 11.0 Å². The van der Waals surface area contributed by atoms with Crippen molar-refractivity contribution < 1.29 is 14.3 Å². The fourth-order valence-corrected chi connectivity index (χ4v) is 2.76. The fourth-order valence-electron chi connectivity index (χ4n) is 2.76. The molecule has 5 nitrogen and oxygen atoms in total. The molecule has 0 spiro atoms. The largest absolute Gasteiger partial charge is 0.444 e. The highest BCUT2D eigenvalue weighted by Gasteiger charge is 2.33. The summed E-state index contributed by atoms with van der Waals surface area (Å²) in [6.07, 6.45) is 1.51. The molecule has 23 heavy (non-hydrogen) atoms. The van der Waals surface area contributed by atoms with Gasteiger partial charge >= 0.3 is 6.09 Å². The van der Waals surface area contributed by atoms with Crippen LogP contribution >= 0.6 is 0 Å². The summed E-state index contributed by atoms with van der Waals surface area (Å²) in [6, 6.07) is 7.37. The van der Waals surface area contributed by atoms with Crippen molar-refractivity contribution in [3.63, 3.8) is 0 Å². The monoisotopic (exact) mass is 317 g/mol. The minimum atomic E-state index is -0.514. The number of carbonyl (C=O) groups is 2. The molecule has 1 N–H and O–H groups in total. The van der Waals surface area contributed by atoms with Crippen molar-refractivity contribution >= 4 is 12.0 Å². The number of carbonyl (C=O) groups excluding carboxylic acids is 2. The number of amides is 2. The van der Waals surface area contributed by atoms with Gasteiger partial charge in [0, 0.05) is 12.1 Å². The van der Waals surface area contributed by atoms with Crippen LogP contribution in [0.3, 0.4) is 0 Å². The van der Waals surface area contributed by atoms with Gasteiger partial charge in [0.05, 0.1) is 13.0 Å². The second-order valence-electron chi connectivity index (χ2n) is 6.71. The molecule has 1 aliphatic heterocycles. The Bertz CT molecular complexity index is 578. The topological polar surface area (TPSA) is 58.6 Å². The lowest BCUT2D eigenvalue weighted by molar-refractivity contribution is 0.0224. The number of ether oxygens (including phenoxy) is 1. The van der Waals surface area contributed by atoms with E-state index in [9.17, 15) is 9.59 Å². The first-order chi connectivity index (χ1) is 10.8. The molecule has 1 saturated heterocycles. The molecule has 0 saturated carbocycles. The Hall–Kier alpha value is -2.17. The van der Waals surface area contributed by atoms with Crippen LogP contribution in [0.15, 0.2) is 24.3 Å². The summed E-state index contributed by atoms with van der Waals surface area (Å²) in [5.41, 5.74) is 1.03. The third-order valence-electron chi connectivity index (χ3n) is 3.70. The number of hydrogen-bond acceptors (Lipinski definition) is 3. The number of hydrogen-bond donors (Lipinski definition) is 1. The summed E-state index contributed by atoms with van der Waals surface area (Å²) in [7, 11) is 0. The minimum absolute atomic E-state index is 0.0441. The predicted molar refractivity (Wildman–Crippen MR) is 89.0 cm³/mol. The number of nitrogens with one attached hydrogen (secondary N) is 1. The first-order valence-corrected chi connectivity index (χ1v) is 7.99. The Balaban J connectivity index is 2.18. The highest BCUT2D eigenvalue weighted by molar-refractivity contribution is 5.94. The van der Waals surface area contributed by atoms with Gasteiger partial charge in [-0.2, -0.15) is 0 Å². The molecule has 1 atom stereocenters. The number of benzene rings is 1. The van der Waals surface area contributed by atoms with Gasteiger partial charge in [-0.25, -0.2) is 4.79 Å². The third kappa shape index (κ3) is 4.41. The number of nitrogens with zero attached hydrogens (tertiary/aromatic N) is 1. The summed E-state index contributed by atoms with van der Waals surface area (Å²) in [4.78, 5) is 26.1. The number of rotatable bonds is 3. The minimum Gasteiger partial charge on any atom is -0.444 e. The fraction of sp³-hybridized carbons (Fsp3) is 0.500. The summed E-state index contributed by atoms with van der Waals surface area (Å²) in [5, 5.41) is 2.69.